The molecule has 0 unspecified atom stereocenters. The SMILES string of the molecule is CCN(c1ccccc1)S(=O)(=O)c1ccc(NC(=S)NC(=O)c2cccc(OCCc3ccccc3)c2)cc1. The van der Waals surface area contributed by atoms with Gasteiger partial charge in [0.2, 0.25) is 0 Å². The summed E-state index contributed by atoms with van der Waals surface area (Å²) in [6, 6.07) is 32.1. The number of anilines is 2. The Hall–Kier alpha value is -4.21. The highest BCUT2D eigenvalue weighted by atomic mass is 32.2. The van der Waals surface area contributed by atoms with Crippen molar-refractivity contribution in [3.8, 4) is 5.75 Å². The molecule has 39 heavy (non-hydrogen) atoms. The van der Waals surface area contributed by atoms with E-state index in [1.165, 1.54) is 22.0 Å². The van der Waals surface area contributed by atoms with Gasteiger partial charge in [0.1, 0.15) is 5.75 Å². The Bertz CT molecular complexity index is 1510. The lowest BCUT2D eigenvalue weighted by Crippen LogP contribution is -2.34. The number of hydrogen-bond acceptors (Lipinski definition) is 5. The molecule has 0 aliphatic carbocycles. The number of nitrogens with one attached hydrogen (secondary N) is 2. The predicted molar refractivity (Wildman–Crippen MR) is 159 cm³/mol. The van der Waals surface area contributed by atoms with Gasteiger partial charge in [-0.1, -0.05) is 54.6 Å². The summed E-state index contributed by atoms with van der Waals surface area (Å²) in [5.41, 5.74) is 2.71. The molecule has 0 aromatic heterocycles. The summed E-state index contributed by atoms with van der Waals surface area (Å²) in [7, 11) is -3.74. The fraction of sp³-hybridized carbons (Fsp3) is 0.133. The van der Waals surface area contributed by atoms with Crippen LogP contribution in [0.4, 0.5) is 11.4 Å². The van der Waals surface area contributed by atoms with E-state index in [4.69, 9.17) is 17.0 Å². The fourth-order valence-corrected chi connectivity index (χ4v) is 5.60. The lowest BCUT2D eigenvalue weighted by atomic mass is 10.2. The number of thiocarbonyl (C=S) groups is 1. The molecule has 9 heteroatoms. The van der Waals surface area contributed by atoms with Crippen LogP contribution in [0.2, 0.25) is 0 Å². The third-order valence-electron chi connectivity index (χ3n) is 5.86. The Balaban J connectivity index is 1.33. The van der Waals surface area contributed by atoms with Crippen LogP contribution >= 0.6 is 12.2 Å². The first-order valence-corrected chi connectivity index (χ1v) is 14.3. The minimum Gasteiger partial charge on any atom is -0.493 e. The molecule has 0 atom stereocenters. The number of benzene rings is 4. The summed E-state index contributed by atoms with van der Waals surface area (Å²) >= 11 is 5.30. The smallest absolute Gasteiger partial charge is 0.264 e. The lowest BCUT2D eigenvalue weighted by molar-refractivity contribution is 0.0977. The lowest BCUT2D eigenvalue weighted by Gasteiger charge is -2.23. The van der Waals surface area contributed by atoms with E-state index in [1.54, 1.807) is 67.6 Å². The van der Waals surface area contributed by atoms with Crippen LogP contribution in [0.25, 0.3) is 0 Å². The summed E-state index contributed by atoms with van der Waals surface area (Å²) in [6.45, 7) is 2.57. The molecule has 0 spiro atoms. The molecule has 1 amide bonds. The summed E-state index contributed by atoms with van der Waals surface area (Å²) in [4.78, 5) is 12.9. The van der Waals surface area contributed by atoms with Crippen molar-refractivity contribution in [2.45, 2.75) is 18.2 Å². The van der Waals surface area contributed by atoms with Crippen LogP contribution in [0.5, 0.6) is 5.75 Å². The van der Waals surface area contributed by atoms with E-state index in [0.29, 0.717) is 35.8 Å². The monoisotopic (exact) mass is 559 g/mol. The fourth-order valence-electron chi connectivity index (χ4n) is 3.92. The maximum Gasteiger partial charge on any atom is 0.264 e. The number of ether oxygens (including phenoxy) is 1. The van der Waals surface area contributed by atoms with Crippen molar-refractivity contribution in [1.29, 1.82) is 0 Å². The molecular weight excluding hydrogens is 530 g/mol. The molecule has 2 N–H and O–H groups in total. The van der Waals surface area contributed by atoms with Crippen LogP contribution < -0.4 is 19.7 Å². The second-order valence-electron chi connectivity index (χ2n) is 8.55. The van der Waals surface area contributed by atoms with Gasteiger partial charge in [-0.25, -0.2) is 8.42 Å². The molecule has 0 fully saturated rings. The third-order valence-corrected chi connectivity index (χ3v) is 7.98. The Morgan fingerprint density at radius 3 is 2.21 bits per heavy atom. The van der Waals surface area contributed by atoms with E-state index in [2.05, 4.69) is 10.6 Å². The van der Waals surface area contributed by atoms with Crippen LogP contribution in [0, 0.1) is 0 Å². The quantitative estimate of drug-likeness (QED) is 0.244. The van der Waals surface area contributed by atoms with Crippen LogP contribution in [0.15, 0.2) is 114 Å². The van der Waals surface area contributed by atoms with Gasteiger partial charge in [-0.2, -0.15) is 0 Å². The van der Waals surface area contributed by atoms with E-state index in [-0.39, 0.29) is 15.9 Å². The van der Waals surface area contributed by atoms with E-state index >= 15 is 0 Å². The molecule has 0 saturated heterocycles. The molecule has 0 radical (unpaired) electrons. The standard InChI is InChI=1S/C30H29N3O4S2/c1-2-33(26-13-7-4-8-14-26)39(35,36)28-18-16-25(17-19-28)31-30(38)32-29(34)24-12-9-15-27(22-24)37-21-20-23-10-5-3-6-11-23/h3-19,22H,2,20-21H2,1H3,(H2,31,32,34,38). The molecule has 4 aromatic rings. The topological polar surface area (TPSA) is 87.7 Å². The van der Waals surface area contributed by atoms with E-state index in [1.807, 2.05) is 36.4 Å². The van der Waals surface area contributed by atoms with Gasteiger partial charge in [0, 0.05) is 24.2 Å². The maximum absolute atomic E-state index is 13.2. The number of carbonyl (C=O) groups excluding carboxylic acids is 1. The largest absolute Gasteiger partial charge is 0.493 e. The zero-order chi connectivity index (χ0) is 27.7. The van der Waals surface area contributed by atoms with Crippen molar-refractivity contribution in [3.05, 3.63) is 120 Å². The molecule has 0 heterocycles. The minimum atomic E-state index is -3.74. The summed E-state index contributed by atoms with van der Waals surface area (Å²) in [6.07, 6.45) is 0.758. The number of rotatable bonds is 10. The van der Waals surface area contributed by atoms with Crippen LogP contribution in [-0.2, 0) is 16.4 Å². The van der Waals surface area contributed by atoms with Crippen LogP contribution in [-0.4, -0.2) is 32.6 Å². The van der Waals surface area contributed by atoms with Gasteiger partial charge in [-0.15, -0.1) is 0 Å². The number of sulfonamides is 1. The Morgan fingerprint density at radius 2 is 1.54 bits per heavy atom. The van der Waals surface area contributed by atoms with Gasteiger partial charge in [-0.05, 0) is 79.3 Å². The van der Waals surface area contributed by atoms with Crippen molar-refractivity contribution < 1.29 is 17.9 Å². The molecule has 0 bridgehead atoms. The zero-order valence-electron chi connectivity index (χ0n) is 21.4. The highest BCUT2D eigenvalue weighted by Gasteiger charge is 2.23. The highest BCUT2D eigenvalue weighted by Crippen LogP contribution is 2.24. The van der Waals surface area contributed by atoms with E-state index in [0.717, 1.165) is 6.42 Å². The summed E-state index contributed by atoms with van der Waals surface area (Å²) < 4.78 is 33.5. The van der Waals surface area contributed by atoms with Crippen LogP contribution in [0.3, 0.4) is 0 Å². The second-order valence-corrected chi connectivity index (χ2v) is 10.8. The van der Waals surface area contributed by atoms with Gasteiger partial charge in [0.05, 0.1) is 17.2 Å². The summed E-state index contributed by atoms with van der Waals surface area (Å²) in [5, 5.41) is 5.66. The Labute approximate surface area is 234 Å². The van der Waals surface area contributed by atoms with Crippen molar-refractivity contribution in [2.24, 2.45) is 0 Å². The molecule has 200 valence electrons. The second kappa shape index (κ2) is 13.0. The molecule has 7 nitrogen and oxygen atoms in total. The Kier molecular flexibility index (Phi) is 9.30. The molecule has 0 aliphatic heterocycles. The first kappa shape index (κ1) is 27.8. The maximum atomic E-state index is 13.2. The number of hydrogen-bond donors (Lipinski definition) is 2. The Morgan fingerprint density at radius 1 is 0.872 bits per heavy atom. The first-order valence-electron chi connectivity index (χ1n) is 12.4. The summed E-state index contributed by atoms with van der Waals surface area (Å²) in [5.74, 6) is 0.201. The van der Waals surface area contributed by atoms with Gasteiger partial charge in [-0.3, -0.25) is 14.4 Å². The molecule has 0 saturated carbocycles. The van der Waals surface area contributed by atoms with Gasteiger partial charge in [0.15, 0.2) is 5.11 Å². The van der Waals surface area contributed by atoms with Crippen molar-refractivity contribution >= 4 is 44.6 Å². The van der Waals surface area contributed by atoms with Gasteiger partial charge in [0.25, 0.3) is 15.9 Å². The molecule has 0 aliphatic rings. The average Bonchev–Trinajstić information content (AvgIpc) is 2.95. The first-order chi connectivity index (χ1) is 18.9. The minimum absolute atomic E-state index is 0.0884. The van der Waals surface area contributed by atoms with E-state index < -0.39 is 10.0 Å². The number of nitrogens with zero attached hydrogens (tertiary/aromatic N) is 1. The highest BCUT2D eigenvalue weighted by molar-refractivity contribution is 7.92. The van der Waals surface area contributed by atoms with Crippen molar-refractivity contribution in [1.82, 2.24) is 5.32 Å². The predicted octanol–water partition coefficient (Wildman–Crippen LogP) is 5.65. The normalized spacial score (nSPS) is 10.9. The van der Waals surface area contributed by atoms with Crippen molar-refractivity contribution in [3.63, 3.8) is 0 Å². The number of amides is 1. The third kappa shape index (κ3) is 7.43. The molecule has 4 rings (SSSR count). The van der Waals surface area contributed by atoms with Crippen LogP contribution in [0.1, 0.15) is 22.8 Å². The zero-order valence-corrected chi connectivity index (χ0v) is 23.0. The molecule has 4 aromatic carbocycles. The van der Waals surface area contributed by atoms with Gasteiger partial charge < -0.3 is 10.1 Å². The number of carbonyl (C=O) groups is 1. The van der Waals surface area contributed by atoms with Gasteiger partial charge >= 0.3 is 0 Å². The van der Waals surface area contributed by atoms with Crippen molar-refractivity contribution in [2.75, 3.05) is 22.8 Å². The average molecular weight is 560 g/mol. The molecular formula is C30H29N3O4S2. The number of para-hydroxylation sites is 1. The van der Waals surface area contributed by atoms with E-state index in [9.17, 15) is 13.2 Å².